The second-order valence-electron chi connectivity index (χ2n) is 9.51. The molecule has 0 unspecified atom stereocenters. The van der Waals surface area contributed by atoms with Gasteiger partial charge in [-0.05, 0) is 72.7 Å². The molecular formula is C32H29IN2O5S. The van der Waals surface area contributed by atoms with Crippen molar-refractivity contribution in [2.45, 2.75) is 33.4 Å². The van der Waals surface area contributed by atoms with Gasteiger partial charge in [-0.25, -0.2) is 9.79 Å². The number of benzene rings is 3. The summed E-state index contributed by atoms with van der Waals surface area (Å²) in [5, 5.41) is 0. The van der Waals surface area contributed by atoms with Crippen molar-refractivity contribution in [1.82, 2.24) is 4.57 Å². The quantitative estimate of drug-likeness (QED) is 0.187. The average molecular weight is 681 g/mol. The zero-order valence-corrected chi connectivity index (χ0v) is 26.1. The van der Waals surface area contributed by atoms with Gasteiger partial charge in [0.05, 0.1) is 35.6 Å². The van der Waals surface area contributed by atoms with E-state index in [4.69, 9.17) is 14.2 Å². The number of hydrogen-bond acceptors (Lipinski definition) is 7. The van der Waals surface area contributed by atoms with Gasteiger partial charge in [-0.15, -0.1) is 0 Å². The van der Waals surface area contributed by atoms with Crippen LogP contribution in [-0.2, 0) is 16.1 Å². The van der Waals surface area contributed by atoms with Crippen molar-refractivity contribution in [2.24, 2.45) is 4.99 Å². The predicted molar refractivity (Wildman–Crippen MR) is 168 cm³/mol. The van der Waals surface area contributed by atoms with E-state index >= 15 is 0 Å². The first-order valence-corrected chi connectivity index (χ1v) is 15.0. The van der Waals surface area contributed by atoms with Crippen LogP contribution in [0, 0.1) is 10.5 Å². The van der Waals surface area contributed by atoms with E-state index in [0.717, 1.165) is 20.3 Å². The van der Waals surface area contributed by atoms with Crippen LogP contribution in [0.2, 0.25) is 0 Å². The van der Waals surface area contributed by atoms with E-state index in [1.807, 2.05) is 79.7 Å². The van der Waals surface area contributed by atoms with Crippen LogP contribution in [0.1, 0.15) is 42.1 Å². The van der Waals surface area contributed by atoms with Crippen LogP contribution in [0.3, 0.4) is 0 Å². The number of halogens is 1. The summed E-state index contributed by atoms with van der Waals surface area (Å²) >= 11 is 3.50. The molecule has 0 aliphatic carbocycles. The highest BCUT2D eigenvalue weighted by Gasteiger charge is 2.33. The number of methoxy groups -OCH3 is 1. The summed E-state index contributed by atoms with van der Waals surface area (Å²) in [5.41, 5.74) is 4.25. The minimum atomic E-state index is -0.660. The van der Waals surface area contributed by atoms with Crippen LogP contribution in [-0.4, -0.2) is 24.3 Å². The predicted octanol–water partition coefficient (Wildman–Crippen LogP) is 5.30. The molecule has 7 nitrogen and oxygen atoms in total. The minimum absolute atomic E-state index is 0.223. The fraction of sp³-hybridized carbons (Fsp3) is 0.219. The monoisotopic (exact) mass is 680 g/mol. The summed E-state index contributed by atoms with van der Waals surface area (Å²) in [5.74, 6) is 0.637. The fourth-order valence-corrected chi connectivity index (χ4v) is 6.38. The van der Waals surface area contributed by atoms with Gasteiger partial charge in [-0.1, -0.05) is 71.5 Å². The number of carbonyl (C=O) groups is 1. The zero-order chi connectivity index (χ0) is 29.1. The molecule has 0 saturated carbocycles. The van der Waals surface area contributed by atoms with Gasteiger partial charge >= 0.3 is 5.97 Å². The minimum Gasteiger partial charge on any atom is -0.493 e. The highest BCUT2D eigenvalue weighted by atomic mass is 127. The highest BCUT2D eigenvalue weighted by molar-refractivity contribution is 14.1. The Balaban J connectivity index is 1.67. The van der Waals surface area contributed by atoms with Crippen molar-refractivity contribution in [3.8, 4) is 11.5 Å². The molecule has 9 heteroatoms. The number of carbonyl (C=O) groups excluding carboxylic acids is 1. The summed E-state index contributed by atoms with van der Waals surface area (Å²) in [6.45, 7) is 6.10. The summed E-state index contributed by atoms with van der Waals surface area (Å²) in [4.78, 5) is 32.4. The highest BCUT2D eigenvalue weighted by Crippen LogP contribution is 2.35. The Morgan fingerprint density at radius 1 is 1.10 bits per heavy atom. The Morgan fingerprint density at radius 2 is 1.83 bits per heavy atom. The standard InChI is InChI=1S/C32H29IN2O5S/c1-5-39-31(37)27-20(3)34-32-35(28(27)22-13-11-19(2)12-14-22)30(36)26(41-32)16-23-15-24(33)17-25(38-4)29(23)40-18-21-9-7-6-8-10-21/h6-17,28H,5,18H2,1-4H3/b26-16-/t28-/m0/s1. The van der Waals surface area contributed by atoms with E-state index in [0.29, 0.717) is 44.3 Å². The molecule has 0 saturated heterocycles. The third-order valence-electron chi connectivity index (χ3n) is 6.69. The Morgan fingerprint density at radius 3 is 2.51 bits per heavy atom. The third kappa shape index (κ3) is 6.01. The van der Waals surface area contributed by atoms with Crippen LogP contribution in [0.15, 0.2) is 87.8 Å². The first-order chi connectivity index (χ1) is 19.8. The molecule has 1 atom stereocenters. The second kappa shape index (κ2) is 12.4. The number of thiazole rings is 1. The maximum absolute atomic E-state index is 14.1. The molecule has 0 fully saturated rings. The van der Waals surface area contributed by atoms with Crippen molar-refractivity contribution in [3.63, 3.8) is 0 Å². The van der Waals surface area contributed by atoms with Gasteiger partial charge < -0.3 is 14.2 Å². The van der Waals surface area contributed by atoms with E-state index in [1.165, 1.54) is 11.3 Å². The van der Waals surface area contributed by atoms with Gasteiger partial charge in [0.1, 0.15) is 6.61 Å². The van der Waals surface area contributed by atoms with E-state index in [9.17, 15) is 9.59 Å². The number of fused-ring (bicyclic) bond motifs is 1. The molecule has 0 radical (unpaired) electrons. The number of rotatable bonds is 8. The lowest BCUT2D eigenvalue weighted by atomic mass is 9.95. The Bertz CT molecular complexity index is 1810. The molecule has 3 aromatic carbocycles. The maximum atomic E-state index is 14.1. The second-order valence-corrected chi connectivity index (χ2v) is 11.8. The molecular weight excluding hydrogens is 651 g/mol. The molecule has 4 aromatic rings. The summed E-state index contributed by atoms with van der Waals surface area (Å²) in [6.07, 6.45) is 1.81. The molecule has 41 heavy (non-hydrogen) atoms. The largest absolute Gasteiger partial charge is 0.493 e. The lowest BCUT2D eigenvalue weighted by Gasteiger charge is -2.24. The molecule has 0 spiro atoms. The van der Waals surface area contributed by atoms with E-state index < -0.39 is 12.0 Å². The van der Waals surface area contributed by atoms with Crippen molar-refractivity contribution in [3.05, 3.63) is 124 Å². The third-order valence-corrected chi connectivity index (χ3v) is 8.30. The Hall–Kier alpha value is -3.70. The number of esters is 1. The fourth-order valence-electron chi connectivity index (χ4n) is 4.73. The van der Waals surface area contributed by atoms with Crippen molar-refractivity contribution in [2.75, 3.05) is 13.7 Å². The van der Waals surface area contributed by atoms with Crippen molar-refractivity contribution < 1.29 is 19.0 Å². The van der Waals surface area contributed by atoms with Crippen LogP contribution >= 0.6 is 33.9 Å². The number of allylic oxidation sites excluding steroid dienone is 1. The molecule has 0 N–H and O–H groups in total. The summed E-state index contributed by atoms with van der Waals surface area (Å²) < 4.78 is 20.3. The maximum Gasteiger partial charge on any atom is 0.338 e. The van der Waals surface area contributed by atoms with Crippen molar-refractivity contribution in [1.29, 1.82) is 0 Å². The van der Waals surface area contributed by atoms with Crippen LogP contribution in [0.25, 0.3) is 6.08 Å². The number of aryl methyl sites for hydroxylation is 1. The molecule has 210 valence electrons. The Kier molecular flexibility index (Phi) is 8.74. The van der Waals surface area contributed by atoms with Gasteiger partial charge in [0, 0.05) is 9.13 Å². The first-order valence-electron chi connectivity index (χ1n) is 13.1. The van der Waals surface area contributed by atoms with Gasteiger partial charge in [0.25, 0.3) is 5.56 Å². The smallest absolute Gasteiger partial charge is 0.338 e. The zero-order valence-electron chi connectivity index (χ0n) is 23.1. The molecule has 2 heterocycles. The summed E-state index contributed by atoms with van der Waals surface area (Å²) in [7, 11) is 1.60. The van der Waals surface area contributed by atoms with Crippen molar-refractivity contribution >= 4 is 46.0 Å². The van der Waals surface area contributed by atoms with Gasteiger partial charge in [-0.2, -0.15) is 0 Å². The lowest BCUT2D eigenvalue weighted by molar-refractivity contribution is -0.139. The summed E-state index contributed by atoms with van der Waals surface area (Å²) in [6, 6.07) is 20.9. The van der Waals surface area contributed by atoms with Crippen LogP contribution in [0.4, 0.5) is 0 Å². The van der Waals surface area contributed by atoms with Gasteiger partial charge in [0.15, 0.2) is 16.3 Å². The number of aromatic nitrogens is 1. The Labute approximate surface area is 255 Å². The number of hydrogen-bond donors (Lipinski definition) is 0. The topological polar surface area (TPSA) is 79.1 Å². The molecule has 0 bridgehead atoms. The molecule has 1 aliphatic rings. The molecule has 1 aliphatic heterocycles. The van der Waals surface area contributed by atoms with Gasteiger partial charge in [-0.3, -0.25) is 9.36 Å². The van der Waals surface area contributed by atoms with E-state index in [1.54, 1.807) is 25.5 Å². The lowest BCUT2D eigenvalue weighted by Crippen LogP contribution is -2.39. The van der Waals surface area contributed by atoms with Gasteiger partial charge in [0.2, 0.25) is 0 Å². The molecule has 0 amide bonds. The van der Waals surface area contributed by atoms with E-state index in [-0.39, 0.29) is 12.2 Å². The first kappa shape index (κ1) is 28.8. The molecule has 5 rings (SSSR count). The number of nitrogens with zero attached hydrogens (tertiary/aromatic N) is 2. The molecule has 1 aromatic heterocycles. The normalized spacial score (nSPS) is 14.9. The number of ether oxygens (including phenoxy) is 3. The van der Waals surface area contributed by atoms with Crippen LogP contribution < -0.4 is 24.4 Å². The van der Waals surface area contributed by atoms with E-state index in [2.05, 4.69) is 27.6 Å². The average Bonchev–Trinajstić information content (AvgIpc) is 3.26. The van der Waals surface area contributed by atoms with Crippen LogP contribution in [0.5, 0.6) is 11.5 Å². The SMILES string of the molecule is CCOC(=O)C1=C(C)N=c2s/c(=C\c3cc(I)cc(OC)c3OCc3ccccc3)c(=O)n2[C@H]1c1ccc(C)cc1.